The van der Waals surface area contributed by atoms with Crippen molar-refractivity contribution >= 4 is 17.4 Å². The first kappa shape index (κ1) is 17.5. The monoisotopic (exact) mass is 437 g/mol. The number of methoxy groups -OCH3 is 1. The molecule has 1 fully saturated rings. The molecule has 31 heavy (non-hydrogen) atoms. The van der Waals surface area contributed by atoms with Gasteiger partial charge in [-0.15, -0.1) is 0 Å². The van der Waals surface area contributed by atoms with Crippen molar-refractivity contribution in [2.24, 2.45) is 16.6 Å². The number of amides is 1. The molecule has 1 aromatic heterocycles. The lowest BCUT2D eigenvalue weighted by atomic mass is 9.73. The van der Waals surface area contributed by atoms with Gasteiger partial charge in [0.2, 0.25) is 0 Å². The number of aliphatic imine (C=N–C) groups is 1. The van der Waals surface area contributed by atoms with E-state index in [0.717, 1.165) is 12.3 Å². The Labute approximate surface area is 180 Å². The molecular weight excluding hydrogens is 413 g/mol. The van der Waals surface area contributed by atoms with Crippen LogP contribution in [0.25, 0.3) is 0 Å². The van der Waals surface area contributed by atoms with Crippen molar-refractivity contribution in [1.29, 1.82) is 0 Å². The van der Waals surface area contributed by atoms with Crippen molar-refractivity contribution in [3.63, 3.8) is 0 Å². The molecule has 3 heterocycles. The van der Waals surface area contributed by atoms with Gasteiger partial charge in [0, 0.05) is 17.2 Å². The Balaban J connectivity index is 1.60. The number of alkyl halides is 2. The van der Waals surface area contributed by atoms with Gasteiger partial charge in [-0.2, -0.15) is 0 Å². The second-order valence-corrected chi connectivity index (χ2v) is 7.57. The normalized spacial score (nSPS) is 29.2. The van der Waals surface area contributed by atoms with Gasteiger partial charge in [-0.3, -0.25) is 9.79 Å². The second kappa shape index (κ2) is 7.84. The SMILES string of the molecule is [2H]C([2H])([2H])Oc1ccc(C(=O)Nc2ccc(F)c([C@]34COC[C@H]3C[C@@](F)(CF)C(N)=N4)c2)nc1. The molecule has 0 saturated carbocycles. The van der Waals surface area contributed by atoms with Gasteiger partial charge in [0.25, 0.3) is 5.91 Å². The summed E-state index contributed by atoms with van der Waals surface area (Å²) in [6, 6.07) is 6.33. The molecule has 2 aliphatic heterocycles. The van der Waals surface area contributed by atoms with E-state index in [1.807, 2.05) is 0 Å². The number of hydrogen-bond donors (Lipinski definition) is 2. The maximum Gasteiger partial charge on any atom is 0.274 e. The van der Waals surface area contributed by atoms with Gasteiger partial charge in [0.05, 0.1) is 30.6 Å². The molecule has 2 aromatic rings. The van der Waals surface area contributed by atoms with Crippen molar-refractivity contribution in [1.82, 2.24) is 4.98 Å². The number of aromatic nitrogens is 1. The number of ether oxygens (including phenoxy) is 2. The Morgan fingerprint density at radius 1 is 1.45 bits per heavy atom. The third-order valence-electron chi connectivity index (χ3n) is 5.65. The topological polar surface area (TPSA) is 98.8 Å². The van der Waals surface area contributed by atoms with E-state index in [1.165, 1.54) is 24.3 Å². The van der Waals surface area contributed by atoms with Crippen molar-refractivity contribution in [3.8, 4) is 5.75 Å². The lowest BCUT2D eigenvalue weighted by molar-refractivity contribution is 0.102. The predicted molar refractivity (Wildman–Crippen MR) is 107 cm³/mol. The summed E-state index contributed by atoms with van der Waals surface area (Å²) < 4.78 is 74.4. The highest BCUT2D eigenvalue weighted by Gasteiger charge is 2.56. The molecule has 0 unspecified atom stereocenters. The van der Waals surface area contributed by atoms with Crippen LogP contribution in [-0.4, -0.2) is 49.3 Å². The number of nitrogens with one attached hydrogen (secondary N) is 1. The molecule has 0 bridgehead atoms. The number of carbonyl (C=O) groups is 1. The van der Waals surface area contributed by atoms with E-state index in [1.54, 1.807) is 0 Å². The van der Waals surface area contributed by atoms with Crippen molar-refractivity contribution in [2.45, 2.75) is 17.6 Å². The summed E-state index contributed by atoms with van der Waals surface area (Å²) in [6.45, 7) is -1.38. The number of benzene rings is 1. The van der Waals surface area contributed by atoms with Crippen LogP contribution in [0, 0.1) is 11.7 Å². The zero-order chi connectivity index (χ0) is 24.7. The fourth-order valence-corrected chi connectivity index (χ4v) is 3.96. The number of anilines is 1. The highest BCUT2D eigenvalue weighted by atomic mass is 19.2. The Morgan fingerprint density at radius 2 is 2.29 bits per heavy atom. The van der Waals surface area contributed by atoms with Crippen LogP contribution in [0.5, 0.6) is 5.75 Å². The van der Waals surface area contributed by atoms with Crippen LogP contribution in [0.4, 0.5) is 18.9 Å². The maximum atomic E-state index is 14.9. The summed E-state index contributed by atoms with van der Waals surface area (Å²) in [7, 11) is -2.66. The van der Waals surface area contributed by atoms with E-state index < -0.39 is 48.4 Å². The number of amidine groups is 1. The van der Waals surface area contributed by atoms with E-state index in [2.05, 4.69) is 15.3 Å². The first-order valence-electron chi connectivity index (χ1n) is 10.9. The zero-order valence-corrected chi connectivity index (χ0v) is 16.2. The molecule has 3 atom stereocenters. The van der Waals surface area contributed by atoms with Gasteiger partial charge in [-0.1, -0.05) is 0 Å². The first-order valence-corrected chi connectivity index (χ1v) is 9.41. The van der Waals surface area contributed by atoms with E-state index in [9.17, 15) is 18.0 Å². The van der Waals surface area contributed by atoms with Crippen LogP contribution in [0.15, 0.2) is 41.5 Å². The van der Waals surface area contributed by atoms with Gasteiger partial charge in [0.15, 0.2) is 5.67 Å². The highest BCUT2D eigenvalue weighted by molar-refractivity contribution is 6.03. The number of hydrogen-bond acceptors (Lipinski definition) is 6. The lowest BCUT2D eigenvalue weighted by Crippen LogP contribution is -2.53. The van der Waals surface area contributed by atoms with Crippen LogP contribution in [0.1, 0.15) is 26.6 Å². The van der Waals surface area contributed by atoms with Crippen LogP contribution in [0.2, 0.25) is 0 Å². The number of nitrogens with two attached hydrogens (primary N) is 1. The summed E-state index contributed by atoms with van der Waals surface area (Å²) in [5.74, 6) is -2.58. The Hall–Kier alpha value is -3.14. The van der Waals surface area contributed by atoms with E-state index >= 15 is 0 Å². The van der Waals surface area contributed by atoms with E-state index in [-0.39, 0.29) is 42.3 Å². The van der Waals surface area contributed by atoms with Gasteiger partial charge < -0.3 is 20.5 Å². The van der Waals surface area contributed by atoms with Gasteiger partial charge >= 0.3 is 0 Å². The summed E-state index contributed by atoms with van der Waals surface area (Å²) >= 11 is 0. The molecule has 1 aromatic carbocycles. The molecule has 2 aliphatic rings. The van der Waals surface area contributed by atoms with E-state index in [4.69, 9.17) is 19.3 Å². The van der Waals surface area contributed by atoms with Gasteiger partial charge in [-0.05, 0) is 36.8 Å². The molecule has 0 radical (unpaired) electrons. The summed E-state index contributed by atoms with van der Waals surface area (Å²) in [5, 5.41) is 2.57. The molecule has 164 valence electrons. The van der Waals surface area contributed by atoms with Crippen LogP contribution in [-0.2, 0) is 10.3 Å². The summed E-state index contributed by atoms with van der Waals surface area (Å²) in [4.78, 5) is 20.7. The quantitative estimate of drug-likeness (QED) is 0.750. The third kappa shape index (κ3) is 3.60. The molecule has 4 rings (SSSR count). The van der Waals surface area contributed by atoms with E-state index in [0.29, 0.717) is 0 Å². The number of halogens is 3. The Bertz CT molecular complexity index is 1130. The summed E-state index contributed by atoms with van der Waals surface area (Å²) in [5.41, 5.74) is 2.12. The highest BCUT2D eigenvalue weighted by Crippen LogP contribution is 2.48. The molecule has 0 aliphatic carbocycles. The average Bonchev–Trinajstić information content (AvgIpc) is 3.17. The van der Waals surface area contributed by atoms with Gasteiger partial charge in [-0.25, -0.2) is 18.2 Å². The number of fused-ring (bicyclic) bond motifs is 1. The molecule has 3 N–H and O–H groups in total. The fourth-order valence-electron chi connectivity index (χ4n) is 3.96. The fraction of sp³-hybridized carbons (Fsp3) is 0.381. The van der Waals surface area contributed by atoms with Crippen LogP contribution < -0.4 is 15.8 Å². The minimum atomic E-state index is -2.66. The molecule has 1 saturated heterocycles. The number of rotatable bonds is 5. The minimum absolute atomic E-state index is 0.0334. The zero-order valence-electron chi connectivity index (χ0n) is 19.2. The standard InChI is InChI=1S/C21H21F3N4O3/c1-30-14-3-5-17(26-8-14)18(29)27-13-2-4-16(23)15(6-13)21-11-31-9-12(21)7-20(24,10-22)19(25)28-21/h2-6,8,12H,7,9-11H2,1H3,(H2,25,28)(H,27,29)/t12-,20-,21+/m1/s1/i1D3. The maximum absolute atomic E-state index is 14.9. The first-order chi connectivity index (χ1) is 16.0. The Morgan fingerprint density at radius 3 is 3.00 bits per heavy atom. The molecule has 7 nitrogen and oxygen atoms in total. The predicted octanol–water partition coefficient (Wildman–Crippen LogP) is 2.76. The molecule has 1 amide bonds. The molecular formula is C21H21F3N4O3. The second-order valence-electron chi connectivity index (χ2n) is 7.57. The Kier molecular flexibility index (Phi) is 4.43. The van der Waals surface area contributed by atoms with Gasteiger partial charge in [0.1, 0.15) is 35.3 Å². The van der Waals surface area contributed by atoms with Crippen molar-refractivity contribution in [3.05, 3.63) is 53.6 Å². The average molecular weight is 437 g/mol. The third-order valence-corrected chi connectivity index (χ3v) is 5.65. The van der Waals surface area contributed by atoms with Crippen molar-refractivity contribution in [2.75, 3.05) is 32.2 Å². The van der Waals surface area contributed by atoms with Crippen LogP contribution >= 0.6 is 0 Å². The molecule has 0 spiro atoms. The van der Waals surface area contributed by atoms with Crippen molar-refractivity contribution < 1.29 is 31.6 Å². The van der Waals surface area contributed by atoms with Crippen LogP contribution in [0.3, 0.4) is 0 Å². The minimum Gasteiger partial charge on any atom is -0.495 e. The molecule has 10 heteroatoms. The largest absolute Gasteiger partial charge is 0.495 e. The number of nitrogens with zero attached hydrogens (tertiary/aromatic N) is 2. The smallest absolute Gasteiger partial charge is 0.274 e. The lowest BCUT2D eigenvalue weighted by Gasteiger charge is -2.40. The number of carbonyl (C=O) groups excluding carboxylic acids is 1. The summed E-state index contributed by atoms with van der Waals surface area (Å²) in [6.07, 6.45) is 0.772. The number of pyridine rings is 1.